The third-order valence-corrected chi connectivity index (χ3v) is 9.10. The van der Waals surface area contributed by atoms with Gasteiger partial charge in [0.1, 0.15) is 6.10 Å². The van der Waals surface area contributed by atoms with E-state index in [1.165, 1.54) is 11.4 Å². The number of nitrogens with one attached hydrogen (secondary N) is 2. The van der Waals surface area contributed by atoms with Gasteiger partial charge in [-0.1, -0.05) is 50.6 Å². The first-order chi connectivity index (χ1) is 18.8. The lowest BCUT2D eigenvalue weighted by molar-refractivity contribution is -0.134. The van der Waals surface area contributed by atoms with Crippen LogP contribution in [-0.2, 0) is 38.9 Å². The number of aromatic nitrogens is 1. The Bertz CT molecular complexity index is 1400. The van der Waals surface area contributed by atoms with E-state index in [0.717, 1.165) is 47.8 Å². The summed E-state index contributed by atoms with van der Waals surface area (Å²) in [5.74, 6) is -0.367. The predicted octanol–water partition coefficient (Wildman–Crippen LogP) is 3.26. The van der Waals surface area contributed by atoms with Crippen LogP contribution in [-0.4, -0.2) is 63.4 Å². The first-order valence-corrected chi connectivity index (χ1v) is 15.2. The van der Waals surface area contributed by atoms with E-state index in [2.05, 4.69) is 17.6 Å². The number of nitrogens with zero attached hydrogens (tertiary/aromatic N) is 2. The maximum absolute atomic E-state index is 13.8. The molecule has 0 bridgehead atoms. The molecule has 210 valence electrons. The number of carbonyl (C=O) groups is 2. The van der Waals surface area contributed by atoms with Crippen LogP contribution in [0, 0.1) is 0 Å². The summed E-state index contributed by atoms with van der Waals surface area (Å²) in [6.45, 7) is 6.10. The van der Waals surface area contributed by atoms with E-state index < -0.39 is 22.2 Å². The molecule has 1 amide bonds. The minimum atomic E-state index is -3.53. The molecule has 2 heterocycles. The molecule has 2 N–H and O–H groups in total. The van der Waals surface area contributed by atoms with Crippen LogP contribution < -0.4 is 14.9 Å². The smallest absolute Gasteiger partial charge is 0.293 e. The maximum Gasteiger partial charge on any atom is 0.293 e. The van der Waals surface area contributed by atoms with Gasteiger partial charge in [-0.2, -0.15) is 0 Å². The van der Waals surface area contributed by atoms with Crippen molar-refractivity contribution < 1.29 is 22.7 Å². The van der Waals surface area contributed by atoms with Gasteiger partial charge in [-0.15, -0.1) is 0 Å². The summed E-state index contributed by atoms with van der Waals surface area (Å²) in [4.78, 5) is 25.2. The Morgan fingerprint density at radius 1 is 1.18 bits per heavy atom. The lowest BCUT2D eigenvalue weighted by Gasteiger charge is -2.27. The van der Waals surface area contributed by atoms with Crippen LogP contribution in [0.5, 0.6) is 0 Å². The fourth-order valence-corrected chi connectivity index (χ4v) is 6.26. The molecule has 2 atom stereocenters. The molecule has 39 heavy (non-hydrogen) atoms. The summed E-state index contributed by atoms with van der Waals surface area (Å²) >= 11 is 0. The fraction of sp³-hybridized carbons (Fsp3) is 0.448. The Morgan fingerprint density at radius 3 is 2.64 bits per heavy atom. The van der Waals surface area contributed by atoms with Crippen molar-refractivity contribution in [1.82, 2.24) is 15.2 Å². The first kappa shape index (κ1) is 28.6. The average molecular weight is 555 g/mol. The number of hydrogen-bond donors (Lipinski definition) is 2. The molecule has 4 rings (SSSR count). The van der Waals surface area contributed by atoms with Crippen molar-refractivity contribution in [1.29, 1.82) is 0 Å². The van der Waals surface area contributed by atoms with Gasteiger partial charge in [0.15, 0.2) is 0 Å². The third-order valence-electron chi connectivity index (χ3n) is 7.37. The van der Waals surface area contributed by atoms with Gasteiger partial charge in [-0.3, -0.25) is 13.9 Å². The van der Waals surface area contributed by atoms with E-state index in [9.17, 15) is 18.0 Å². The highest BCUT2D eigenvalue weighted by Crippen LogP contribution is 2.35. The number of amides is 1. The normalized spacial score (nSPS) is 15.9. The second-order valence-corrected chi connectivity index (χ2v) is 12.1. The second kappa shape index (κ2) is 12.7. The van der Waals surface area contributed by atoms with Crippen LogP contribution >= 0.6 is 0 Å². The molecule has 0 radical (unpaired) electrons. The molecule has 0 saturated heterocycles. The predicted molar refractivity (Wildman–Crippen MR) is 154 cm³/mol. The number of sulfonamides is 1. The number of carbonyl (C=O) groups excluding carboxylic acids is 2. The number of aryl methyl sites for hydroxylation is 2. The van der Waals surface area contributed by atoms with Crippen LogP contribution in [0.1, 0.15) is 48.2 Å². The van der Waals surface area contributed by atoms with Gasteiger partial charge in [0.05, 0.1) is 23.0 Å². The van der Waals surface area contributed by atoms with Gasteiger partial charge in [-0.05, 0) is 49.1 Å². The number of ether oxygens (including phenoxy) is 1. The van der Waals surface area contributed by atoms with Crippen LogP contribution in [0.4, 0.5) is 5.69 Å². The van der Waals surface area contributed by atoms with Gasteiger partial charge in [0.25, 0.3) is 12.4 Å². The van der Waals surface area contributed by atoms with E-state index in [-0.39, 0.29) is 11.7 Å². The van der Waals surface area contributed by atoms with Crippen molar-refractivity contribution in [2.24, 2.45) is 0 Å². The van der Waals surface area contributed by atoms with Gasteiger partial charge in [-0.25, -0.2) is 8.42 Å². The minimum absolute atomic E-state index is 0.0124. The Labute approximate surface area is 230 Å². The monoisotopic (exact) mass is 554 g/mol. The topological polar surface area (TPSA) is 110 Å². The highest BCUT2D eigenvalue weighted by atomic mass is 32.2. The Kier molecular flexibility index (Phi) is 9.29. The Balaban J connectivity index is 1.70. The van der Waals surface area contributed by atoms with Crippen molar-refractivity contribution in [2.75, 3.05) is 30.2 Å². The zero-order valence-electron chi connectivity index (χ0n) is 22.9. The zero-order chi connectivity index (χ0) is 28.0. The summed E-state index contributed by atoms with van der Waals surface area (Å²) in [5.41, 5.74) is 3.70. The molecule has 10 heteroatoms. The quantitative estimate of drug-likeness (QED) is 0.248. The molecule has 2 aromatic carbocycles. The molecule has 0 aliphatic carbocycles. The van der Waals surface area contributed by atoms with Gasteiger partial charge in [0, 0.05) is 37.3 Å². The molecule has 1 aliphatic rings. The number of anilines is 1. The molecular weight excluding hydrogens is 516 g/mol. The third kappa shape index (κ3) is 6.45. The van der Waals surface area contributed by atoms with E-state index in [4.69, 9.17) is 4.74 Å². The van der Waals surface area contributed by atoms with Crippen molar-refractivity contribution in [3.63, 3.8) is 0 Å². The summed E-state index contributed by atoms with van der Waals surface area (Å²) in [7, 11) is -1.99. The van der Waals surface area contributed by atoms with Crippen molar-refractivity contribution in [2.45, 2.75) is 58.2 Å². The molecular formula is C29H38N4O5S. The van der Waals surface area contributed by atoms with Crippen molar-refractivity contribution in [3.8, 4) is 0 Å². The number of rotatable bonds is 13. The maximum atomic E-state index is 13.8. The number of benzene rings is 2. The lowest BCUT2D eigenvalue weighted by Crippen LogP contribution is -2.50. The van der Waals surface area contributed by atoms with Crippen molar-refractivity contribution >= 4 is 39.0 Å². The molecule has 0 unspecified atom stereocenters. The molecule has 1 aliphatic heterocycles. The van der Waals surface area contributed by atoms with Crippen LogP contribution in [0.25, 0.3) is 10.9 Å². The minimum Gasteiger partial charge on any atom is -0.461 e. The number of hydrogen-bond acceptors (Lipinski definition) is 6. The summed E-state index contributed by atoms with van der Waals surface area (Å²) < 4.78 is 34.5. The Hall–Kier alpha value is -3.37. The molecule has 1 aromatic heterocycles. The SMILES string of the molecule is CCCCNC[C@@H](OC=O)[C@H](Cc1ccccc1)NC(=O)c1cc2c3c(c1)c(CC)cn3CCS(=O)(=O)N2C. The highest BCUT2D eigenvalue weighted by Gasteiger charge is 2.30. The largest absolute Gasteiger partial charge is 0.461 e. The Morgan fingerprint density at radius 2 is 1.95 bits per heavy atom. The standard InChI is InChI=1S/C29H38N4O5S/c1-4-6-12-30-18-27(38-20-34)25(15-21-10-8-7-9-11-21)31-29(35)23-16-24-22(5-2)19-33-13-14-39(36,37)32(3)26(17-23)28(24)33/h7-11,16-17,19-20,25,27,30H,4-6,12-15,18H2,1-3H3,(H,31,35)/t25-,27+/m0/s1. The summed E-state index contributed by atoms with van der Waals surface area (Å²) in [5, 5.41) is 7.29. The van der Waals surface area contributed by atoms with E-state index in [1.54, 1.807) is 6.07 Å². The lowest BCUT2D eigenvalue weighted by atomic mass is 9.99. The van der Waals surface area contributed by atoms with Crippen LogP contribution in [0.3, 0.4) is 0 Å². The molecule has 0 saturated carbocycles. The summed E-state index contributed by atoms with van der Waals surface area (Å²) in [6.07, 6.45) is 4.62. The first-order valence-electron chi connectivity index (χ1n) is 13.6. The molecule has 0 spiro atoms. The van der Waals surface area contributed by atoms with Gasteiger partial charge in [0.2, 0.25) is 10.0 Å². The van der Waals surface area contributed by atoms with Gasteiger partial charge < -0.3 is 19.9 Å². The highest BCUT2D eigenvalue weighted by molar-refractivity contribution is 7.92. The van der Waals surface area contributed by atoms with Gasteiger partial charge >= 0.3 is 0 Å². The van der Waals surface area contributed by atoms with Crippen LogP contribution in [0.2, 0.25) is 0 Å². The molecule has 3 aromatic rings. The second-order valence-electron chi connectivity index (χ2n) is 9.97. The van der Waals surface area contributed by atoms with E-state index in [1.807, 2.05) is 54.1 Å². The van der Waals surface area contributed by atoms with E-state index >= 15 is 0 Å². The average Bonchev–Trinajstić information content (AvgIpc) is 3.26. The zero-order valence-corrected chi connectivity index (χ0v) is 23.7. The number of unbranched alkanes of at least 4 members (excludes halogenated alkanes) is 1. The fourth-order valence-electron chi connectivity index (χ4n) is 5.12. The molecule has 9 nitrogen and oxygen atoms in total. The van der Waals surface area contributed by atoms with Crippen molar-refractivity contribution in [3.05, 3.63) is 65.4 Å². The van der Waals surface area contributed by atoms with Crippen LogP contribution in [0.15, 0.2) is 48.7 Å². The van der Waals surface area contributed by atoms with E-state index in [0.29, 0.717) is 37.2 Å². The molecule has 0 fully saturated rings. The summed E-state index contributed by atoms with van der Waals surface area (Å²) in [6, 6.07) is 12.7.